The molecule has 1 heterocycles. The van der Waals surface area contributed by atoms with Crippen LogP contribution in [0.1, 0.15) is 11.5 Å². The molecule has 0 atom stereocenters. The number of aromatic nitrogens is 1. The molecule has 0 amide bonds. The fourth-order valence-electron chi connectivity index (χ4n) is 1.99. The van der Waals surface area contributed by atoms with Crippen LogP contribution in [0.25, 0.3) is 11.5 Å². The van der Waals surface area contributed by atoms with E-state index in [1.165, 1.54) is 0 Å². The Labute approximate surface area is 122 Å². The number of aryl methyl sites for hydroxylation is 1. The Morgan fingerprint density at radius 2 is 1.90 bits per heavy atom. The molecule has 4 nitrogen and oxygen atoms in total. The van der Waals surface area contributed by atoms with E-state index in [9.17, 15) is 5.11 Å². The predicted octanol–water partition coefficient (Wildman–Crippen LogP) is 3.93. The minimum atomic E-state index is 0.175. The minimum Gasteiger partial charge on any atom is -0.508 e. The summed E-state index contributed by atoms with van der Waals surface area (Å²) in [5.74, 6) is 2.09. The molecular formula is C17H15NO3. The molecule has 3 rings (SSSR count). The summed E-state index contributed by atoms with van der Waals surface area (Å²) in [4.78, 5) is 4.46. The van der Waals surface area contributed by atoms with E-state index in [1.54, 1.807) is 24.3 Å². The first-order valence-corrected chi connectivity index (χ1v) is 6.66. The third-order valence-electron chi connectivity index (χ3n) is 3.11. The molecule has 106 valence electrons. The summed E-state index contributed by atoms with van der Waals surface area (Å²) >= 11 is 0. The maximum atomic E-state index is 9.40. The van der Waals surface area contributed by atoms with E-state index in [-0.39, 0.29) is 5.75 Å². The van der Waals surface area contributed by atoms with Gasteiger partial charge < -0.3 is 14.3 Å². The van der Waals surface area contributed by atoms with Crippen LogP contribution >= 0.6 is 0 Å². The normalized spacial score (nSPS) is 10.5. The average Bonchev–Trinajstić information content (AvgIpc) is 2.87. The summed E-state index contributed by atoms with van der Waals surface area (Å²) in [5, 5.41) is 9.40. The molecule has 1 N–H and O–H groups in total. The van der Waals surface area contributed by atoms with E-state index in [4.69, 9.17) is 9.15 Å². The molecule has 0 aliphatic rings. The Kier molecular flexibility index (Phi) is 3.60. The smallest absolute Gasteiger partial charge is 0.226 e. The van der Waals surface area contributed by atoms with E-state index in [0.717, 1.165) is 17.0 Å². The van der Waals surface area contributed by atoms with Gasteiger partial charge in [-0.25, -0.2) is 4.98 Å². The molecule has 2 aromatic carbocycles. The summed E-state index contributed by atoms with van der Waals surface area (Å²) in [6.07, 6.45) is 0. The third-order valence-corrected chi connectivity index (χ3v) is 3.11. The van der Waals surface area contributed by atoms with Crippen LogP contribution in [0.15, 0.2) is 59.0 Å². The van der Waals surface area contributed by atoms with Crippen molar-refractivity contribution in [1.29, 1.82) is 0 Å². The fourth-order valence-corrected chi connectivity index (χ4v) is 1.99. The van der Waals surface area contributed by atoms with Gasteiger partial charge in [-0.05, 0) is 31.2 Å². The number of phenols is 1. The maximum absolute atomic E-state index is 9.40. The summed E-state index contributed by atoms with van der Waals surface area (Å²) in [6, 6.07) is 16.4. The quantitative estimate of drug-likeness (QED) is 0.787. The van der Waals surface area contributed by atoms with Gasteiger partial charge in [-0.2, -0.15) is 0 Å². The highest BCUT2D eigenvalue weighted by Gasteiger charge is 2.11. The highest BCUT2D eigenvalue weighted by Crippen LogP contribution is 2.23. The van der Waals surface area contributed by atoms with Crippen molar-refractivity contribution >= 4 is 0 Å². The van der Waals surface area contributed by atoms with Gasteiger partial charge in [0.1, 0.15) is 29.6 Å². The molecule has 0 radical (unpaired) electrons. The Hall–Kier alpha value is -2.75. The van der Waals surface area contributed by atoms with Crippen molar-refractivity contribution in [2.45, 2.75) is 13.5 Å². The largest absolute Gasteiger partial charge is 0.508 e. The van der Waals surface area contributed by atoms with Crippen LogP contribution in [0.4, 0.5) is 0 Å². The second-order valence-electron chi connectivity index (χ2n) is 4.67. The molecule has 0 saturated carbocycles. The molecule has 0 aliphatic heterocycles. The first-order chi connectivity index (χ1) is 10.2. The van der Waals surface area contributed by atoms with Gasteiger partial charge >= 0.3 is 0 Å². The minimum absolute atomic E-state index is 0.175. The zero-order valence-corrected chi connectivity index (χ0v) is 11.6. The second-order valence-corrected chi connectivity index (χ2v) is 4.67. The number of benzene rings is 2. The molecule has 0 aliphatic carbocycles. The van der Waals surface area contributed by atoms with Crippen LogP contribution in [0, 0.1) is 6.92 Å². The Morgan fingerprint density at radius 1 is 1.10 bits per heavy atom. The van der Waals surface area contributed by atoms with Crippen molar-refractivity contribution in [3.63, 3.8) is 0 Å². The second kappa shape index (κ2) is 5.71. The molecular weight excluding hydrogens is 266 g/mol. The molecule has 3 aromatic rings. The summed E-state index contributed by atoms with van der Waals surface area (Å²) in [6.45, 7) is 2.16. The predicted molar refractivity (Wildman–Crippen MR) is 79.1 cm³/mol. The van der Waals surface area contributed by atoms with Crippen molar-refractivity contribution in [2.75, 3.05) is 0 Å². The van der Waals surface area contributed by atoms with Gasteiger partial charge in [0.25, 0.3) is 0 Å². The monoisotopic (exact) mass is 281 g/mol. The summed E-state index contributed by atoms with van der Waals surface area (Å²) in [5.41, 5.74) is 1.68. The number of oxazole rings is 1. The lowest BCUT2D eigenvalue weighted by Gasteiger charge is -2.04. The Morgan fingerprint density at radius 3 is 2.67 bits per heavy atom. The van der Waals surface area contributed by atoms with Crippen LogP contribution in [0.2, 0.25) is 0 Å². The summed E-state index contributed by atoms with van der Waals surface area (Å²) in [7, 11) is 0. The first-order valence-electron chi connectivity index (χ1n) is 6.66. The highest BCUT2D eigenvalue weighted by molar-refractivity contribution is 5.53. The van der Waals surface area contributed by atoms with Crippen molar-refractivity contribution in [3.8, 4) is 23.0 Å². The zero-order chi connectivity index (χ0) is 14.7. The lowest BCUT2D eigenvalue weighted by molar-refractivity contribution is 0.298. The molecule has 0 unspecified atom stereocenters. The Bertz CT molecular complexity index is 735. The third kappa shape index (κ3) is 3.05. The molecule has 0 bridgehead atoms. The number of ether oxygens (including phenoxy) is 1. The maximum Gasteiger partial charge on any atom is 0.226 e. The molecule has 1 aromatic heterocycles. The van der Waals surface area contributed by atoms with Gasteiger partial charge in [-0.1, -0.05) is 24.3 Å². The number of hydrogen-bond acceptors (Lipinski definition) is 4. The number of rotatable bonds is 4. The number of phenolic OH excluding ortho intramolecular Hbond substituents is 1. The standard InChI is InChI=1S/C17H15NO3/c1-12-16(11-20-15-9-5-8-14(19)10-15)18-17(21-12)13-6-3-2-4-7-13/h2-10,19H,11H2,1H3. The number of hydrogen-bond donors (Lipinski definition) is 1. The molecule has 0 spiro atoms. The van der Waals surface area contributed by atoms with Crippen molar-refractivity contribution in [2.24, 2.45) is 0 Å². The lowest BCUT2D eigenvalue weighted by atomic mass is 10.2. The van der Waals surface area contributed by atoms with Crippen LogP contribution in [0.5, 0.6) is 11.5 Å². The van der Waals surface area contributed by atoms with E-state index < -0.39 is 0 Å². The van der Waals surface area contributed by atoms with Crippen molar-refractivity contribution in [3.05, 3.63) is 66.1 Å². The Balaban J connectivity index is 1.76. The summed E-state index contributed by atoms with van der Waals surface area (Å²) < 4.78 is 11.3. The van der Waals surface area contributed by atoms with Gasteiger partial charge in [-0.3, -0.25) is 0 Å². The lowest BCUT2D eigenvalue weighted by Crippen LogP contribution is -1.97. The van der Waals surface area contributed by atoms with E-state index in [0.29, 0.717) is 18.2 Å². The van der Waals surface area contributed by atoms with Gasteiger partial charge in [0.15, 0.2) is 0 Å². The zero-order valence-electron chi connectivity index (χ0n) is 11.6. The number of aromatic hydroxyl groups is 1. The van der Waals surface area contributed by atoms with Gasteiger partial charge in [0, 0.05) is 11.6 Å². The molecule has 0 fully saturated rings. The van der Waals surface area contributed by atoms with Crippen molar-refractivity contribution < 1.29 is 14.3 Å². The van der Waals surface area contributed by atoms with E-state index in [1.807, 2.05) is 37.3 Å². The molecule has 0 saturated heterocycles. The average molecular weight is 281 g/mol. The number of nitrogens with zero attached hydrogens (tertiary/aromatic N) is 1. The van der Waals surface area contributed by atoms with Gasteiger partial charge in [0.2, 0.25) is 5.89 Å². The topological polar surface area (TPSA) is 55.5 Å². The fraction of sp³-hybridized carbons (Fsp3) is 0.118. The highest BCUT2D eigenvalue weighted by atomic mass is 16.5. The van der Waals surface area contributed by atoms with Crippen LogP contribution in [-0.2, 0) is 6.61 Å². The first kappa shape index (κ1) is 13.2. The van der Waals surface area contributed by atoms with E-state index >= 15 is 0 Å². The van der Waals surface area contributed by atoms with Crippen molar-refractivity contribution in [1.82, 2.24) is 4.98 Å². The van der Waals surface area contributed by atoms with E-state index in [2.05, 4.69) is 4.98 Å². The molecule has 4 heteroatoms. The van der Waals surface area contributed by atoms with Gasteiger partial charge in [0.05, 0.1) is 0 Å². The van der Waals surface area contributed by atoms with Crippen LogP contribution in [0.3, 0.4) is 0 Å². The van der Waals surface area contributed by atoms with Crippen LogP contribution < -0.4 is 4.74 Å². The SMILES string of the molecule is Cc1oc(-c2ccccc2)nc1COc1cccc(O)c1. The van der Waals surface area contributed by atoms with Crippen LogP contribution in [-0.4, -0.2) is 10.1 Å². The molecule has 21 heavy (non-hydrogen) atoms. The van der Waals surface area contributed by atoms with Gasteiger partial charge in [-0.15, -0.1) is 0 Å².